The molecule has 1 aromatic heterocycles. The van der Waals surface area contributed by atoms with Gasteiger partial charge in [-0.3, -0.25) is 4.79 Å². The molecule has 3 rings (SSSR count). The van der Waals surface area contributed by atoms with Gasteiger partial charge in [-0.1, -0.05) is 0 Å². The quantitative estimate of drug-likeness (QED) is 0.856. The molecule has 0 bridgehead atoms. The van der Waals surface area contributed by atoms with Crippen LogP contribution in [0.5, 0.6) is 5.75 Å². The first kappa shape index (κ1) is 16.4. The van der Waals surface area contributed by atoms with Crippen molar-refractivity contribution in [2.24, 2.45) is 13.0 Å². The van der Waals surface area contributed by atoms with Crippen LogP contribution in [0.25, 0.3) is 10.9 Å². The summed E-state index contributed by atoms with van der Waals surface area (Å²) in [7, 11) is 3.44. The van der Waals surface area contributed by atoms with Crippen molar-refractivity contribution in [2.45, 2.75) is 26.7 Å². The fourth-order valence-corrected chi connectivity index (χ4v) is 2.95. The van der Waals surface area contributed by atoms with Crippen molar-refractivity contribution < 1.29 is 19.1 Å². The molecule has 1 fully saturated rings. The van der Waals surface area contributed by atoms with Gasteiger partial charge in [-0.05, 0) is 38.8 Å². The lowest BCUT2D eigenvalue weighted by Crippen LogP contribution is -2.15. The lowest BCUT2D eigenvalue weighted by Gasteiger charge is -2.13. The molecule has 1 heterocycles. The molecule has 0 radical (unpaired) electrons. The zero-order valence-electron chi connectivity index (χ0n) is 14.4. The Morgan fingerprint density at radius 1 is 1.33 bits per heavy atom. The van der Waals surface area contributed by atoms with Gasteiger partial charge in [0.1, 0.15) is 5.75 Å². The van der Waals surface area contributed by atoms with Crippen LogP contribution in [-0.2, 0) is 16.6 Å². The van der Waals surface area contributed by atoms with Crippen molar-refractivity contribution in [2.75, 3.05) is 19.0 Å². The number of aryl methyl sites for hydroxylation is 1. The molecule has 1 aliphatic rings. The summed E-state index contributed by atoms with van der Waals surface area (Å²) >= 11 is 0. The molecule has 0 saturated heterocycles. The lowest BCUT2D eigenvalue weighted by molar-refractivity contribution is -0.117. The predicted molar refractivity (Wildman–Crippen MR) is 91.5 cm³/mol. The number of nitrogens with one attached hydrogen (secondary N) is 1. The highest BCUT2D eigenvalue weighted by Gasteiger charge is 2.32. The Labute approximate surface area is 140 Å². The van der Waals surface area contributed by atoms with Crippen molar-refractivity contribution >= 4 is 28.5 Å². The van der Waals surface area contributed by atoms with Crippen LogP contribution in [0.3, 0.4) is 0 Å². The van der Waals surface area contributed by atoms with Gasteiger partial charge in [0.25, 0.3) is 0 Å². The summed E-state index contributed by atoms with van der Waals surface area (Å²) < 4.78 is 12.6. The van der Waals surface area contributed by atoms with Crippen molar-refractivity contribution in [1.82, 2.24) is 4.57 Å². The highest BCUT2D eigenvalue weighted by atomic mass is 16.5. The summed E-state index contributed by atoms with van der Waals surface area (Å²) in [5, 5.41) is 3.63. The number of methoxy groups -OCH3 is 1. The van der Waals surface area contributed by atoms with Crippen LogP contribution in [0.15, 0.2) is 12.1 Å². The van der Waals surface area contributed by atoms with Crippen molar-refractivity contribution in [3.63, 3.8) is 0 Å². The maximum absolute atomic E-state index is 12.5. The Kier molecular flexibility index (Phi) is 4.22. The third-order valence-electron chi connectivity index (χ3n) is 4.52. The first-order valence-corrected chi connectivity index (χ1v) is 8.13. The highest BCUT2D eigenvalue weighted by Crippen LogP contribution is 2.40. The largest absolute Gasteiger partial charge is 0.495 e. The molecule has 6 heteroatoms. The molecule has 0 atom stereocenters. The molecule has 0 spiro atoms. The number of nitrogens with zero attached hydrogens (tertiary/aromatic N) is 1. The Morgan fingerprint density at radius 3 is 2.62 bits per heavy atom. The standard InChI is InChI=1S/C18H22N2O4/c1-5-24-18(22)14-10(2)20(3)12-8-9-13(23-4)16(15(12)14)19-17(21)11-6-7-11/h8-9,11H,5-7H2,1-4H3,(H,19,21). The number of esters is 1. The summed E-state index contributed by atoms with van der Waals surface area (Å²) in [4.78, 5) is 24.8. The number of fused-ring (bicyclic) bond motifs is 1. The molecule has 0 aliphatic heterocycles. The van der Waals surface area contributed by atoms with E-state index in [1.54, 1.807) is 20.1 Å². The van der Waals surface area contributed by atoms with Gasteiger partial charge in [0.05, 0.1) is 30.5 Å². The molecule has 0 unspecified atom stereocenters. The van der Waals surface area contributed by atoms with E-state index in [2.05, 4.69) is 5.32 Å². The third-order valence-corrected chi connectivity index (χ3v) is 4.52. The van der Waals surface area contributed by atoms with Gasteiger partial charge in [-0.15, -0.1) is 0 Å². The van der Waals surface area contributed by atoms with E-state index in [9.17, 15) is 9.59 Å². The molecule has 6 nitrogen and oxygen atoms in total. The van der Waals surface area contributed by atoms with Crippen LogP contribution in [0.4, 0.5) is 5.69 Å². The van der Waals surface area contributed by atoms with Crippen molar-refractivity contribution in [1.29, 1.82) is 0 Å². The van der Waals surface area contributed by atoms with Gasteiger partial charge in [-0.25, -0.2) is 4.79 Å². The van der Waals surface area contributed by atoms with Gasteiger partial charge in [0, 0.05) is 24.0 Å². The number of amides is 1. The van der Waals surface area contributed by atoms with Crippen LogP contribution >= 0.6 is 0 Å². The minimum Gasteiger partial charge on any atom is -0.495 e. The first-order chi connectivity index (χ1) is 11.5. The minimum atomic E-state index is -0.393. The first-order valence-electron chi connectivity index (χ1n) is 8.13. The summed E-state index contributed by atoms with van der Waals surface area (Å²) in [6, 6.07) is 3.69. The molecule has 1 aromatic carbocycles. The van der Waals surface area contributed by atoms with Gasteiger partial charge in [0.15, 0.2) is 0 Å². The Bertz CT molecular complexity index is 818. The van der Waals surface area contributed by atoms with E-state index >= 15 is 0 Å². The van der Waals surface area contributed by atoms with E-state index in [0.717, 1.165) is 24.1 Å². The Balaban J connectivity index is 2.23. The van der Waals surface area contributed by atoms with Gasteiger partial charge >= 0.3 is 5.97 Å². The number of ether oxygens (including phenoxy) is 2. The number of hydrogen-bond donors (Lipinski definition) is 1. The SMILES string of the molecule is CCOC(=O)c1c(C)n(C)c2ccc(OC)c(NC(=O)C3CC3)c12. The van der Waals surface area contributed by atoms with E-state index in [1.165, 1.54) is 0 Å². The lowest BCUT2D eigenvalue weighted by atomic mass is 10.1. The van der Waals surface area contributed by atoms with Crippen molar-refractivity contribution in [3.8, 4) is 5.75 Å². The number of rotatable bonds is 5. The molecule has 1 saturated carbocycles. The summed E-state index contributed by atoms with van der Waals surface area (Å²) in [6.07, 6.45) is 1.81. The fourth-order valence-electron chi connectivity index (χ4n) is 2.95. The second kappa shape index (κ2) is 6.19. The van der Waals surface area contributed by atoms with Gasteiger partial charge in [0.2, 0.25) is 5.91 Å². The monoisotopic (exact) mass is 330 g/mol. The average Bonchev–Trinajstić information content (AvgIpc) is 3.37. The molecule has 2 aromatic rings. The van der Waals surface area contributed by atoms with Gasteiger partial charge in [-0.2, -0.15) is 0 Å². The van der Waals surface area contributed by atoms with Crippen LogP contribution in [0.2, 0.25) is 0 Å². The fraction of sp³-hybridized carbons (Fsp3) is 0.444. The number of aromatic nitrogens is 1. The Morgan fingerprint density at radius 2 is 2.04 bits per heavy atom. The number of carbonyl (C=O) groups excluding carboxylic acids is 2. The summed E-state index contributed by atoms with van der Waals surface area (Å²) in [6.45, 7) is 3.93. The second-order valence-corrected chi connectivity index (χ2v) is 6.04. The van der Waals surface area contributed by atoms with E-state index in [1.807, 2.05) is 24.6 Å². The predicted octanol–water partition coefficient (Wildman–Crippen LogP) is 3.02. The highest BCUT2D eigenvalue weighted by molar-refractivity contribution is 6.15. The van der Waals surface area contributed by atoms with E-state index in [4.69, 9.17) is 9.47 Å². The van der Waals surface area contributed by atoms with Crippen LogP contribution in [0.1, 0.15) is 35.8 Å². The van der Waals surface area contributed by atoms with Crippen molar-refractivity contribution in [3.05, 3.63) is 23.4 Å². The number of hydrogen-bond acceptors (Lipinski definition) is 4. The second-order valence-electron chi connectivity index (χ2n) is 6.04. The number of benzene rings is 1. The molecule has 1 aliphatic carbocycles. The van der Waals surface area contributed by atoms with E-state index < -0.39 is 5.97 Å². The molecular formula is C18H22N2O4. The molecule has 1 amide bonds. The zero-order chi connectivity index (χ0) is 17.4. The minimum absolute atomic E-state index is 0.0304. The molecule has 128 valence electrons. The van der Waals surface area contributed by atoms with Crippen LogP contribution in [-0.4, -0.2) is 30.2 Å². The Hall–Kier alpha value is -2.50. The smallest absolute Gasteiger partial charge is 0.340 e. The normalized spacial score (nSPS) is 13.8. The van der Waals surface area contributed by atoms with E-state index in [-0.39, 0.29) is 11.8 Å². The third kappa shape index (κ3) is 2.62. The average molecular weight is 330 g/mol. The number of carbonyl (C=O) groups is 2. The molecular weight excluding hydrogens is 308 g/mol. The molecule has 24 heavy (non-hydrogen) atoms. The maximum Gasteiger partial charge on any atom is 0.340 e. The maximum atomic E-state index is 12.5. The van der Waals surface area contributed by atoms with Crippen LogP contribution < -0.4 is 10.1 Å². The number of anilines is 1. The van der Waals surface area contributed by atoms with E-state index in [0.29, 0.717) is 29.0 Å². The van der Waals surface area contributed by atoms with Crippen LogP contribution in [0, 0.1) is 12.8 Å². The summed E-state index contributed by atoms with van der Waals surface area (Å²) in [5.74, 6) is 0.168. The topological polar surface area (TPSA) is 69.6 Å². The van der Waals surface area contributed by atoms with Gasteiger partial charge < -0.3 is 19.4 Å². The summed E-state index contributed by atoms with van der Waals surface area (Å²) in [5.41, 5.74) is 2.65. The zero-order valence-corrected chi connectivity index (χ0v) is 14.4. The molecule has 1 N–H and O–H groups in total.